The van der Waals surface area contributed by atoms with E-state index in [0.29, 0.717) is 0 Å². The van der Waals surface area contributed by atoms with Crippen molar-refractivity contribution in [3.05, 3.63) is 0 Å². The van der Waals surface area contributed by atoms with Crippen LogP contribution in [-0.4, -0.2) is 69.5 Å². The maximum absolute atomic E-state index is 11.5. The number of hydrogen-bond acceptors (Lipinski definition) is 8. The van der Waals surface area contributed by atoms with E-state index in [4.69, 9.17) is 0 Å². The van der Waals surface area contributed by atoms with Crippen molar-refractivity contribution >= 4 is 11.9 Å². The van der Waals surface area contributed by atoms with Crippen molar-refractivity contribution in [1.82, 2.24) is 0 Å². The van der Waals surface area contributed by atoms with Crippen LogP contribution in [0.3, 0.4) is 0 Å². The average molecular weight is 292 g/mol. The van der Waals surface area contributed by atoms with Gasteiger partial charge < -0.3 is 29.9 Å². The first-order valence-corrected chi connectivity index (χ1v) is 6.23. The van der Waals surface area contributed by atoms with Crippen LogP contribution in [0, 0.1) is 0 Å². The Morgan fingerprint density at radius 2 is 1.90 bits per heavy atom. The van der Waals surface area contributed by atoms with Crippen molar-refractivity contribution in [3.63, 3.8) is 0 Å². The van der Waals surface area contributed by atoms with Gasteiger partial charge in [0.25, 0.3) is 0 Å². The number of rotatable bonds is 4. The summed E-state index contributed by atoms with van der Waals surface area (Å²) in [4.78, 5) is 23.0. The molecule has 0 spiro atoms. The summed E-state index contributed by atoms with van der Waals surface area (Å²) < 4.78 is 9.07. The molecular weight excluding hydrogens is 272 g/mol. The van der Waals surface area contributed by atoms with Crippen LogP contribution in [0.15, 0.2) is 0 Å². The Labute approximate surface area is 115 Å². The Bertz CT molecular complexity index is 384. The first-order chi connectivity index (χ1) is 9.18. The fourth-order valence-corrected chi connectivity index (χ4v) is 2.47. The minimum absolute atomic E-state index is 0.0782. The van der Waals surface area contributed by atoms with E-state index in [0.717, 1.165) is 7.11 Å². The van der Waals surface area contributed by atoms with E-state index in [9.17, 15) is 30.0 Å². The molecule has 0 bridgehead atoms. The lowest BCUT2D eigenvalue weighted by Gasteiger charge is -2.45. The molecule has 8 heteroatoms. The van der Waals surface area contributed by atoms with Crippen LogP contribution < -0.4 is 0 Å². The number of aliphatic hydroxyl groups excluding tert-OH is 2. The van der Waals surface area contributed by atoms with E-state index >= 15 is 0 Å². The first-order valence-electron chi connectivity index (χ1n) is 6.23. The van der Waals surface area contributed by atoms with Crippen molar-refractivity contribution in [2.24, 2.45) is 0 Å². The minimum atomic E-state index is -2.17. The van der Waals surface area contributed by atoms with Crippen LogP contribution in [0.25, 0.3) is 0 Å². The molecule has 1 fully saturated rings. The summed E-state index contributed by atoms with van der Waals surface area (Å²) in [7, 11) is 1.04. The van der Waals surface area contributed by atoms with Crippen LogP contribution in [0.2, 0.25) is 0 Å². The van der Waals surface area contributed by atoms with E-state index < -0.39 is 54.6 Å². The Kier molecular flexibility index (Phi) is 5.09. The second-order valence-electron chi connectivity index (χ2n) is 5.00. The van der Waals surface area contributed by atoms with Gasteiger partial charge in [-0.1, -0.05) is 0 Å². The van der Waals surface area contributed by atoms with Crippen LogP contribution in [0.1, 0.15) is 26.2 Å². The summed E-state index contributed by atoms with van der Waals surface area (Å²) >= 11 is 0. The molecule has 0 amide bonds. The third-order valence-corrected chi connectivity index (χ3v) is 3.38. The third kappa shape index (κ3) is 3.26. The summed E-state index contributed by atoms with van der Waals surface area (Å²) in [6.45, 7) is 1.65. The number of carbonyl (C=O) groups excluding carboxylic acids is 2. The fourth-order valence-electron chi connectivity index (χ4n) is 2.47. The molecule has 0 radical (unpaired) electrons. The van der Waals surface area contributed by atoms with E-state index in [1.165, 1.54) is 0 Å². The molecule has 4 atom stereocenters. The van der Waals surface area contributed by atoms with Crippen molar-refractivity contribution < 1.29 is 39.5 Å². The lowest BCUT2D eigenvalue weighted by Crippen LogP contribution is -2.63. The first kappa shape index (κ1) is 16.8. The molecule has 20 heavy (non-hydrogen) atoms. The maximum Gasteiger partial charge on any atom is 0.338 e. The van der Waals surface area contributed by atoms with Gasteiger partial charge >= 0.3 is 11.9 Å². The molecular formula is C12H20O8. The molecule has 1 aliphatic carbocycles. The highest BCUT2D eigenvalue weighted by Crippen LogP contribution is 2.39. The average Bonchev–Trinajstić information content (AvgIpc) is 2.34. The smallest absolute Gasteiger partial charge is 0.338 e. The van der Waals surface area contributed by atoms with Gasteiger partial charge in [-0.25, -0.2) is 4.79 Å². The normalized spacial score (nSPS) is 37.3. The zero-order valence-corrected chi connectivity index (χ0v) is 11.4. The molecule has 0 aromatic rings. The van der Waals surface area contributed by atoms with Crippen LogP contribution >= 0.6 is 0 Å². The molecule has 1 aliphatic rings. The molecule has 1 rings (SSSR count). The number of aliphatic hydroxyl groups is 4. The molecule has 0 aromatic carbocycles. The number of hydrogen-bond donors (Lipinski definition) is 4. The Hall–Kier alpha value is -1.22. The molecule has 1 saturated carbocycles. The second-order valence-corrected chi connectivity index (χ2v) is 5.00. The fraction of sp³-hybridized carbons (Fsp3) is 0.833. The van der Waals surface area contributed by atoms with Gasteiger partial charge in [-0.15, -0.1) is 0 Å². The van der Waals surface area contributed by atoms with E-state index in [1.807, 2.05) is 0 Å². The number of ether oxygens (including phenoxy) is 2. The van der Waals surface area contributed by atoms with Crippen LogP contribution in [0.5, 0.6) is 0 Å². The summed E-state index contributed by atoms with van der Waals surface area (Å²) in [5, 5.41) is 40.0. The molecule has 116 valence electrons. The van der Waals surface area contributed by atoms with Gasteiger partial charge in [0.05, 0.1) is 26.2 Å². The molecule has 0 aliphatic heterocycles. The number of esters is 2. The molecule has 0 aromatic heterocycles. The largest absolute Gasteiger partial charge is 0.467 e. The van der Waals surface area contributed by atoms with Gasteiger partial charge in [0.15, 0.2) is 5.60 Å². The van der Waals surface area contributed by atoms with E-state index in [2.05, 4.69) is 9.47 Å². The lowest BCUT2D eigenvalue weighted by molar-refractivity contribution is -0.221. The predicted molar refractivity (Wildman–Crippen MR) is 64.4 cm³/mol. The Balaban J connectivity index is 2.97. The highest BCUT2D eigenvalue weighted by atomic mass is 16.5. The van der Waals surface area contributed by atoms with Gasteiger partial charge in [-0.2, -0.15) is 0 Å². The number of carbonyl (C=O) groups is 2. The van der Waals surface area contributed by atoms with Gasteiger partial charge in [-0.05, 0) is 6.92 Å². The highest BCUT2D eigenvalue weighted by Gasteiger charge is 2.57. The van der Waals surface area contributed by atoms with Crippen LogP contribution in [0.4, 0.5) is 0 Å². The predicted octanol–water partition coefficient (Wildman–Crippen LogP) is -1.91. The molecule has 0 heterocycles. The quantitative estimate of drug-likeness (QED) is 0.441. The maximum atomic E-state index is 11.5. The van der Waals surface area contributed by atoms with Crippen LogP contribution in [-0.2, 0) is 19.1 Å². The van der Waals surface area contributed by atoms with Crippen molar-refractivity contribution in [3.8, 4) is 0 Å². The molecule has 4 N–H and O–H groups in total. The number of methoxy groups -OCH3 is 1. The molecule has 0 saturated heterocycles. The van der Waals surface area contributed by atoms with Crippen molar-refractivity contribution in [1.29, 1.82) is 0 Å². The molecule has 0 unspecified atom stereocenters. The van der Waals surface area contributed by atoms with Crippen molar-refractivity contribution in [2.75, 3.05) is 13.7 Å². The van der Waals surface area contributed by atoms with Gasteiger partial charge in [-0.3, -0.25) is 4.79 Å². The summed E-state index contributed by atoms with van der Waals surface area (Å²) in [5.74, 6) is -1.86. The Morgan fingerprint density at radius 1 is 1.30 bits per heavy atom. The van der Waals surface area contributed by atoms with Crippen molar-refractivity contribution in [2.45, 2.75) is 49.6 Å². The standard InChI is InChI=1S/C12H20O8/c1-3-20-8(14)5-11(17)6-12(18,10(16)19-2)4-7(13)9(11)15/h7,9,13,15,17-18H,3-6H2,1-2H3/t7-,9+,11+,12-/m1/s1. The summed E-state index contributed by atoms with van der Waals surface area (Å²) in [6.07, 6.45) is -5.04. The van der Waals surface area contributed by atoms with Gasteiger partial charge in [0, 0.05) is 12.8 Å². The van der Waals surface area contributed by atoms with E-state index in [-0.39, 0.29) is 6.61 Å². The lowest BCUT2D eigenvalue weighted by atomic mass is 9.70. The minimum Gasteiger partial charge on any atom is -0.467 e. The summed E-state index contributed by atoms with van der Waals surface area (Å²) in [5.41, 5.74) is -4.35. The SMILES string of the molecule is CCOC(=O)C[C@]1(O)C[C@@](O)(C(=O)OC)C[C@@H](O)[C@@H]1O. The van der Waals surface area contributed by atoms with Gasteiger partial charge in [0.2, 0.25) is 0 Å². The Morgan fingerprint density at radius 3 is 2.40 bits per heavy atom. The highest BCUT2D eigenvalue weighted by molar-refractivity contribution is 5.80. The monoisotopic (exact) mass is 292 g/mol. The van der Waals surface area contributed by atoms with E-state index in [1.54, 1.807) is 6.92 Å². The van der Waals surface area contributed by atoms with Gasteiger partial charge in [0.1, 0.15) is 11.7 Å². The molecule has 8 nitrogen and oxygen atoms in total. The second kappa shape index (κ2) is 6.04. The zero-order chi connectivity index (χ0) is 15.6. The topological polar surface area (TPSA) is 134 Å². The summed E-state index contributed by atoms with van der Waals surface area (Å²) in [6, 6.07) is 0. The third-order valence-electron chi connectivity index (χ3n) is 3.38. The zero-order valence-electron chi connectivity index (χ0n) is 11.4.